The van der Waals surface area contributed by atoms with E-state index in [-0.39, 0.29) is 29.7 Å². The topological polar surface area (TPSA) is 62.2 Å². The molecule has 25 heavy (non-hydrogen) atoms. The zero-order chi connectivity index (χ0) is 18.0. The zero-order valence-corrected chi connectivity index (χ0v) is 14.7. The molecule has 1 aromatic carbocycles. The summed E-state index contributed by atoms with van der Waals surface area (Å²) in [5, 5.41) is 4.30. The van der Waals surface area contributed by atoms with Gasteiger partial charge in [0.1, 0.15) is 5.82 Å². The van der Waals surface area contributed by atoms with Crippen molar-refractivity contribution in [1.29, 1.82) is 0 Å². The Morgan fingerprint density at radius 3 is 2.88 bits per heavy atom. The van der Waals surface area contributed by atoms with Crippen LogP contribution in [0.5, 0.6) is 0 Å². The second-order valence-electron chi connectivity index (χ2n) is 6.75. The maximum absolute atomic E-state index is 14.1. The third kappa shape index (κ3) is 3.72. The Balaban J connectivity index is 1.71. The molecule has 0 saturated carbocycles. The first-order valence-electron chi connectivity index (χ1n) is 8.48. The van der Waals surface area contributed by atoms with Gasteiger partial charge >= 0.3 is 0 Å². The van der Waals surface area contributed by atoms with Gasteiger partial charge in [0.05, 0.1) is 18.2 Å². The van der Waals surface area contributed by atoms with Gasteiger partial charge in [0.2, 0.25) is 5.91 Å². The number of carbonyl (C=O) groups excluding carboxylic acids is 1. The van der Waals surface area contributed by atoms with Crippen LogP contribution in [-0.4, -0.2) is 34.2 Å². The Labute approximate surface area is 147 Å². The van der Waals surface area contributed by atoms with Crippen LogP contribution in [0.4, 0.5) is 4.39 Å². The zero-order valence-electron chi connectivity index (χ0n) is 14.7. The van der Waals surface area contributed by atoms with Crippen LogP contribution in [0.15, 0.2) is 36.7 Å². The molecule has 0 radical (unpaired) electrons. The number of halogens is 1. The molecule has 134 valence electrons. The normalized spacial score (nSPS) is 20.2. The van der Waals surface area contributed by atoms with Crippen LogP contribution in [0.25, 0.3) is 0 Å². The molecule has 1 amide bonds. The Morgan fingerprint density at radius 1 is 1.44 bits per heavy atom. The van der Waals surface area contributed by atoms with Crippen molar-refractivity contribution in [1.82, 2.24) is 25.5 Å². The van der Waals surface area contributed by atoms with E-state index in [1.54, 1.807) is 36.3 Å². The first-order valence-corrected chi connectivity index (χ1v) is 8.48. The van der Waals surface area contributed by atoms with Crippen LogP contribution < -0.4 is 10.9 Å². The van der Waals surface area contributed by atoms with E-state index >= 15 is 0 Å². The van der Waals surface area contributed by atoms with Gasteiger partial charge < -0.3 is 4.90 Å². The van der Waals surface area contributed by atoms with Crippen LogP contribution in [0, 0.1) is 11.7 Å². The Morgan fingerprint density at radius 2 is 2.20 bits per heavy atom. The van der Waals surface area contributed by atoms with Gasteiger partial charge in [0.15, 0.2) is 0 Å². The van der Waals surface area contributed by atoms with Crippen molar-refractivity contribution < 1.29 is 9.18 Å². The van der Waals surface area contributed by atoms with Crippen molar-refractivity contribution in [3.63, 3.8) is 0 Å². The van der Waals surface area contributed by atoms with Crippen LogP contribution in [0.3, 0.4) is 0 Å². The first kappa shape index (κ1) is 17.6. The number of hydrazine groups is 1. The monoisotopic (exact) mass is 345 g/mol. The fourth-order valence-corrected chi connectivity index (χ4v) is 3.13. The Kier molecular flexibility index (Phi) is 5.15. The molecule has 2 aromatic rings. The highest BCUT2D eigenvalue weighted by Gasteiger charge is 2.36. The summed E-state index contributed by atoms with van der Waals surface area (Å²) in [5.41, 5.74) is 7.50. The number of aromatic nitrogens is 2. The fraction of sp³-hybridized carbons (Fsp3) is 0.444. The number of carbonyl (C=O) groups is 1. The van der Waals surface area contributed by atoms with Crippen molar-refractivity contribution >= 4 is 5.91 Å². The summed E-state index contributed by atoms with van der Waals surface area (Å²) < 4.78 is 16.0. The molecule has 7 heteroatoms. The van der Waals surface area contributed by atoms with E-state index < -0.39 is 0 Å². The molecular formula is C18H24FN5O. The molecule has 1 saturated heterocycles. The highest BCUT2D eigenvalue weighted by Crippen LogP contribution is 2.28. The van der Waals surface area contributed by atoms with Gasteiger partial charge in [-0.1, -0.05) is 18.2 Å². The second kappa shape index (κ2) is 7.33. The highest BCUT2D eigenvalue weighted by molar-refractivity contribution is 5.80. The second-order valence-corrected chi connectivity index (χ2v) is 6.75. The molecule has 1 aliphatic rings. The van der Waals surface area contributed by atoms with E-state index in [0.717, 1.165) is 5.56 Å². The third-order valence-electron chi connectivity index (χ3n) is 4.52. The minimum absolute atomic E-state index is 0.0250. The van der Waals surface area contributed by atoms with Gasteiger partial charge in [-0.15, -0.1) is 0 Å². The molecule has 0 spiro atoms. The Hall–Kier alpha value is -2.25. The van der Waals surface area contributed by atoms with Gasteiger partial charge in [0, 0.05) is 43.5 Å². The Bertz CT molecular complexity index is 745. The van der Waals surface area contributed by atoms with Crippen LogP contribution in [-0.2, 0) is 11.3 Å². The van der Waals surface area contributed by atoms with E-state index in [1.807, 2.05) is 10.9 Å². The van der Waals surface area contributed by atoms with Gasteiger partial charge in [-0.3, -0.25) is 14.9 Å². The smallest absolute Gasteiger partial charge is 0.229 e. The van der Waals surface area contributed by atoms with Crippen molar-refractivity contribution in [2.24, 2.45) is 5.92 Å². The molecule has 1 aromatic heterocycles. The van der Waals surface area contributed by atoms with Crippen molar-refractivity contribution in [3.8, 4) is 0 Å². The summed E-state index contributed by atoms with van der Waals surface area (Å²) in [6.07, 6.45) is 3.73. The summed E-state index contributed by atoms with van der Waals surface area (Å²) >= 11 is 0. The van der Waals surface area contributed by atoms with E-state index in [0.29, 0.717) is 18.7 Å². The number of nitrogens with zero attached hydrogens (tertiary/aromatic N) is 3. The summed E-state index contributed by atoms with van der Waals surface area (Å²) in [5.74, 6) is -0.688. The maximum Gasteiger partial charge on any atom is 0.229 e. The van der Waals surface area contributed by atoms with E-state index in [4.69, 9.17) is 0 Å². The van der Waals surface area contributed by atoms with Gasteiger partial charge in [-0.05, 0) is 19.9 Å². The predicted octanol–water partition coefficient (Wildman–Crippen LogP) is 2.03. The summed E-state index contributed by atoms with van der Waals surface area (Å²) in [6, 6.07) is 6.46. The number of benzene rings is 1. The van der Waals surface area contributed by atoms with Gasteiger partial charge in [-0.2, -0.15) is 5.10 Å². The van der Waals surface area contributed by atoms with Gasteiger partial charge in [-0.25, -0.2) is 9.82 Å². The molecule has 2 atom stereocenters. The van der Waals surface area contributed by atoms with Gasteiger partial charge in [0.25, 0.3) is 0 Å². The molecular weight excluding hydrogens is 321 g/mol. The molecule has 6 nitrogen and oxygen atoms in total. The fourth-order valence-electron chi connectivity index (χ4n) is 3.13. The van der Waals surface area contributed by atoms with Crippen LogP contribution in [0.2, 0.25) is 0 Å². The van der Waals surface area contributed by atoms with Crippen LogP contribution in [0.1, 0.15) is 37.1 Å². The number of nitrogens with one attached hydrogen (secondary N) is 2. The molecule has 2 unspecified atom stereocenters. The maximum atomic E-state index is 14.1. The molecule has 2 N–H and O–H groups in total. The summed E-state index contributed by atoms with van der Waals surface area (Å²) in [7, 11) is 1.77. The average Bonchev–Trinajstić information content (AvgIpc) is 3.24. The van der Waals surface area contributed by atoms with E-state index in [1.165, 1.54) is 6.07 Å². The molecule has 1 aliphatic heterocycles. The van der Waals surface area contributed by atoms with E-state index in [9.17, 15) is 9.18 Å². The summed E-state index contributed by atoms with van der Waals surface area (Å²) in [4.78, 5) is 14.6. The first-order chi connectivity index (χ1) is 12.0. The lowest BCUT2D eigenvalue weighted by molar-refractivity contribution is -0.134. The standard InChI is InChI=1S/C18H24FN5O/c1-12(2)24-11-13(8-21-24)10-23(3)18(25)15-9-20-22-17(15)14-6-4-5-7-16(14)19/h4-8,11-12,15,17,20,22H,9-10H2,1-3H3. The predicted molar refractivity (Wildman–Crippen MR) is 92.9 cm³/mol. The number of amides is 1. The highest BCUT2D eigenvalue weighted by atomic mass is 19.1. The number of rotatable bonds is 5. The lowest BCUT2D eigenvalue weighted by atomic mass is 9.93. The lowest BCUT2D eigenvalue weighted by Crippen LogP contribution is -2.36. The van der Waals surface area contributed by atoms with E-state index in [2.05, 4.69) is 29.8 Å². The van der Waals surface area contributed by atoms with Crippen molar-refractivity contribution in [2.75, 3.05) is 13.6 Å². The van der Waals surface area contributed by atoms with Crippen LogP contribution >= 0.6 is 0 Å². The molecule has 3 rings (SSSR count). The molecule has 0 bridgehead atoms. The third-order valence-corrected chi connectivity index (χ3v) is 4.52. The van der Waals surface area contributed by atoms with Crippen molar-refractivity contribution in [2.45, 2.75) is 32.5 Å². The summed E-state index contributed by atoms with van der Waals surface area (Å²) in [6.45, 7) is 5.06. The SMILES string of the molecule is CC(C)n1cc(CN(C)C(=O)C2CNNC2c2ccccc2F)cn1. The average molecular weight is 345 g/mol. The van der Waals surface area contributed by atoms with Crippen molar-refractivity contribution in [3.05, 3.63) is 53.6 Å². The number of hydrogen-bond acceptors (Lipinski definition) is 4. The quantitative estimate of drug-likeness (QED) is 0.870. The largest absolute Gasteiger partial charge is 0.341 e. The molecule has 1 fully saturated rings. The molecule has 0 aliphatic carbocycles. The number of hydrogen-bond donors (Lipinski definition) is 2. The lowest BCUT2D eigenvalue weighted by Gasteiger charge is -2.24. The minimum Gasteiger partial charge on any atom is -0.341 e. The molecule has 2 heterocycles. The minimum atomic E-state index is -0.380.